The third kappa shape index (κ3) is 4.05. The molecule has 1 aromatic rings. The van der Waals surface area contributed by atoms with Crippen LogP contribution in [0.5, 0.6) is 0 Å². The monoisotopic (exact) mass is 324 g/mol. The summed E-state index contributed by atoms with van der Waals surface area (Å²) in [5, 5.41) is 9.16. The van der Waals surface area contributed by atoms with E-state index in [0.29, 0.717) is 18.8 Å². The molecule has 1 saturated heterocycles. The molecule has 7 heteroatoms. The van der Waals surface area contributed by atoms with E-state index in [2.05, 4.69) is 4.72 Å². The molecular weight excluding hydrogens is 304 g/mol. The molecule has 2 unspecified atom stereocenters. The highest BCUT2D eigenvalue weighted by atomic mass is 32.2. The van der Waals surface area contributed by atoms with Gasteiger partial charge in [-0.05, 0) is 31.9 Å². The van der Waals surface area contributed by atoms with Crippen molar-refractivity contribution in [2.75, 3.05) is 19.8 Å². The number of nitrogens with zero attached hydrogens (tertiary/aromatic N) is 1. The number of hydrogen-bond acceptors (Lipinski definition) is 5. The molecule has 0 amide bonds. The van der Waals surface area contributed by atoms with Crippen LogP contribution >= 0.6 is 0 Å². The Morgan fingerprint density at radius 2 is 2.32 bits per heavy atom. The van der Waals surface area contributed by atoms with Crippen molar-refractivity contribution in [1.29, 1.82) is 5.26 Å². The lowest BCUT2D eigenvalue weighted by molar-refractivity contribution is 0.0353. The van der Waals surface area contributed by atoms with Gasteiger partial charge in [-0.1, -0.05) is 12.1 Å². The fraction of sp³-hybridized carbons (Fsp3) is 0.533. The van der Waals surface area contributed by atoms with Gasteiger partial charge in [0, 0.05) is 12.6 Å². The van der Waals surface area contributed by atoms with Crippen molar-refractivity contribution in [3.05, 3.63) is 29.3 Å². The van der Waals surface area contributed by atoms with Crippen LogP contribution in [0.4, 0.5) is 0 Å². The van der Waals surface area contributed by atoms with E-state index >= 15 is 0 Å². The number of aryl methyl sites for hydroxylation is 1. The van der Waals surface area contributed by atoms with Crippen LogP contribution in [0.3, 0.4) is 0 Å². The first kappa shape index (κ1) is 16.9. The molecule has 0 bridgehead atoms. The van der Waals surface area contributed by atoms with Gasteiger partial charge in [0.15, 0.2) is 0 Å². The lowest BCUT2D eigenvalue weighted by Gasteiger charge is -2.17. The Morgan fingerprint density at radius 3 is 2.95 bits per heavy atom. The van der Waals surface area contributed by atoms with Crippen molar-refractivity contribution in [3.8, 4) is 6.07 Å². The molecular formula is C15H20N2O4S. The fourth-order valence-corrected chi connectivity index (χ4v) is 3.75. The number of sulfonamides is 1. The van der Waals surface area contributed by atoms with E-state index in [9.17, 15) is 8.42 Å². The van der Waals surface area contributed by atoms with Gasteiger partial charge in [-0.3, -0.25) is 0 Å². The van der Waals surface area contributed by atoms with Gasteiger partial charge < -0.3 is 9.47 Å². The number of nitrogens with one attached hydrogen (secondary N) is 1. The second-order valence-corrected chi connectivity index (χ2v) is 7.08. The zero-order valence-electron chi connectivity index (χ0n) is 12.7. The minimum absolute atomic E-state index is 0.00560. The van der Waals surface area contributed by atoms with E-state index in [1.807, 2.05) is 6.07 Å². The van der Waals surface area contributed by atoms with Crippen molar-refractivity contribution in [2.45, 2.75) is 37.3 Å². The summed E-state index contributed by atoms with van der Waals surface area (Å²) >= 11 is 0. The molecule has 22 heavy (non-hydrogen) atoms. The molecule has 120 valence electrons. The fourth-order valence-electron chi connectivity index (χ4n) is 2.30. The zero-order chi connectivity index (χ0) is 16.2. The topological polar surface area (TPSA) is 88.4 Å². The number of benzene rings is 1. The van der Waals surface area contributed by atoms with E-state index in [-0.39, 0.29) is 23.2 Å². The van der Waals surface area contributed by atoms with Gasteiger partial charge in [-0.2, -0.15) is 5.26 Å². The average molecular weight is 324 g/mol. The van der Waals surface area contributed by atoms with E-state index < -0.39 is 16.1 Å². The maximum absolute atomic E-state index is 12.4. The summed E-state index contributed by atoms with van der Waals surface area (Å²) in [7, 11) is -3.75. The maximum Gasteiger partial charge on any atom is 0.242 e. The van der Waals surface area contributed by atoms with E-state index in [1.54, 1.807) is 26.0 Å². The molecule has 6 nitrogen and oxygen atoms in total. The van der Waals surface area contributed by atoms with Gasteiger partial charge in [0.25, 0.3) is 0 Å². The molecule has 1 aromatic carbocycles. The molecule has 2 atom stereocenters. The first-order valence-corrected chi connectivity index (χ1v) is 8.63. The Morgan fingerprint density at radius 1 is 1.55 bits per heavy atom. The Kier molecular flexibility index (Phi) is 5.53. The van der Waals surface area contributed by atoms with Crippen LogP contribution in [-0.2, 0) is 19.5 Å². The summed E-state index contributed by atoms with van der Waals surface area (Å²) < 4.78 is 38.2. The predicted octanol–water partition coefficient (Wildman–Crippen LogP) is 1.34. The number of nitriles is 1. The first-order valence-electron chi connectivity index (χ1n) is 7.15. The highest BCUT2D eigenvalue weighted by Crippen LogP contribution is 2.18. The molecule has 1 N–H and O–H groups in total. The van der Waals surface area contributed by atoms with Crippen LogP contribution < -0.4 is 4.72 Å². The van der Waals surface area contributed by atoms with E-state index in [0.717, 1.165) is 6.42 Å². The number of hydrogen-bond donors (Lipinski definition) is 1. The molecule has 1 aliphatic heterocycles. The molecule has 1 aliphatic rings. The second kappa shape index (κ2) is 7.20. The Labute approximate surface area is 131 Å². The Hall–Kier alpha value is -1.46. The molecule has 1 heterocycles. The number of rotatable bonds is 6. The SMILES string of the molecule is Cc1cccc(S(=O)(=O)NC(C)COC2CCOC2)c1C#N. The van der Waals surface area contributed by atoms with Gasteiger partial charge in [0.05, 0.1) is 24.9 Å². The quantitative estimate of drug-likeness (QED) is 0.853. The molecule has 0 aliphatic carbocycles. The summed E-state index contributed by atoms with van der Waals surface area (Å²) in [5.41, 5.74) is 0.810. The maximum atomic E-state index is 12.4. The summed E-state index contributed by atoms with van der Waals surface area (Å²) in [5.74, 6) is 0. The van der Waals surface area contributed by atoms with E-state index in [4.69, 9.17) is 14.7 Å². The van der Waals surface area contributed by atoms with Gasteiger partial charge in [0.1, 0.15) is 11.0 Å². The Balaban J connectivity index is 2.04. The van der Waals surface area contributed by atoms with Crippen LogP contribution in [0.2, 0.25) is 0 Å². The highest BCUT2D eigenvalue weighted by molar-refractivity contribution is 7.89. The van der Waals surface area contributed by atoms with Crippen LogP contribution in [0.25, 0.3) is 0 Å². The van der Waals surface area contributed by atoms with Crippen molar-refractivity contribution < 1.29 is 17.9 Å². The summed E-state index contributed by atoms with van der Waals surface area (Å²) in [4.78, 5) is 0.00560. The minimum atomic E-state index is -3.75. The number of ether oxygens (including phenoxy) is 2. The molecule has 0 aromatic heterocycles. The average Bonchev–Trinajstić information content (AvgIpc) is 2.97. The van der Waals surface area contributed by atoms with E-state index in [1.165, 1.54) is 6.07 Å². The van der Waals surface area contributed by atoms with Gasteiger partial charge in [-0.25, -0.2) is 13.1 Å². The van der Waals surface area contributed by atoms with Crippen LogP contribution in [0.1, 0.15) is 24.5 Å². The van der Waals surface area contributed by atoms with Crippen molar-refractivity contribution in [1.82, 2.24) is 4.72 Å². The first-order chi connectivity index (χ1) is 10.4. The molecule has 0 saturated carbocycles. The third-order valence-corrected chi connectivity index (χ3v) is 5.09. The molecule has 2 rings (SSSR count). The molecule has 1 fully saturated rings. The Bertz CT molecular complexity index is 661. The lowest BCUT2D eigenvalue weighted by Crippen LogP contribution is -2.37. The smallest absolute Gasteiger partial charge is 0.242 e. The van der Waals surface area contributed by atoms with Crippen LogP contribution in [0, 0.1) is 18.3 Å². The standard InChI is InChI=1S/C15H20N2O4S/c1-11-4-3-5-15(14(11)8-16)22(18,19)17-12(2)9-21-13-6-7-20-10-13/h3-5,12-13,17H,6-7,9-10H2,1-2H3. The second-order valence-electron chi connectivity index (χ2n) is 5.40. The lowest BCUT2D eigenvalue weighted by atomic mass is 10.1. The van der Waals surface area contributed by atoms with Gasteiger partial charge in [-0.15, -0.1) is 0 Å². The summed E-state index contributed by atoms with van der Waals surface area (Å²) in [6, 6.07) is 6.34. The predicted molar refractivity (Wildman–Crippen MR) is 80.9 cm³/mol. The normalized spacial score (nSPS) is 19.8. The minimum Gasteiger partial charge on any atom is -0.379 e. The van der Waals surface area contributed by atoms with Crippen molar-refractivity contribution >= 4 is 10.0 Å². The van der Waals surface area contributed by atoms with Crippen molar-refractivity contribution in [2.24, 2.45) is 0 Å². The van der Waals surface area contributed by atoms with Gasteiger partial charge in [0.2, 0.25) is 10.0 Å². The van der Waals surface area contributed by atoms with Crippen molar-refractivity contribution in [3.63, 3.8) is 0 Å². The van der Waals surface area contributed by atoms with Crippen LogP contribution in [-0.4, -0.2) is 40.4 Å². The largest absolute Gasteiger partial charge is 0.379 e. The molecule has 0 radical (unpaired) electrons. The summed E-state index contributed by atoms with van der Waals surface area (Å²) in [6.45, 7) is 4.94. The zero-order valence-corrected chi connectivity index (χ0v) is 13.5. The van der Waals surface area contributed by atoms with Crippen LogP contribution in [0.15, 0.2) is 23.1 Å². The highest BCUT2D eigenvalue weighted by Gasteiger charge is 2.23. The van der Waals surface area contributed by atoms with Gasteiger partial charge >= 0.3 is 0 Å². The third-order valence-electron chi connectivity index (χ3n) is 3.46. The summed E-state index contributed by atoms with van der Waals surface area (Å²) in [6.07, 6.45) is 0.858. The molecule has 0 spiro atoms.